The van der Waals surface area contributed by atoms with E-state index in [0.29, 0.717) is 52.3 Å². The highest BCUT2D eigenvalue weighted by Gasteiger charge is 2.53. The topological polar surface area (TPSA) is 85.2 Å². The number of anilines is 2. The van der Waals surface area contributed by atoms with Crippen LogP contribution in [0.1, 0.15) is 37.8 Å². The maximum absolute atomic E-state index is 14.2. The van der Waals surface area contributed by atoms with E-state index in [-0.39, 0.29) is 11.4 Å². The van der Waals surface area contributed by atoms with Gasteiger partial charge in [-0.25, -0.2) is 23.0 Å². The highest BCUT2D eigenvalue weighted by atomic mass is 35.5. The first-order valence-corrected chi connectivity index (χ1v) is 13.5. The van der Waals surface area contributed by atoms with Gasteiger partial charge in [0.2, 0.25) is 5.95 Å². The largest absolute Gasteiger partial charge is 0.347 e. The molecular weight excluding hydrogens is 518 g/mol. The van der Waals surface area contributed by atoms with Crippen LogP contribution in [0.25, 0.3) is 0 Å². The van der Waals surface area contributed by atoms with Gasteiger partial charge >= 0.3 is 0 Å². The predicted octanol–water partition coefficient (Wildman–Crippen LogP) is 5.29. The number of alkyl halides is 1. The maximum Gasteiger partial charge on any atom is 0.225 e. The van der Waals surface area contributed by atoms with E-state index in [2.05, 4.69) is 14.7 Å². The molecule has 2 N–H and O–H groups in total. The van der Waals surface area contributed by atoms with Crippen LogP contribution in [-0.4, -0.2) is 50.1 Å². The van der Waals surface area contributed by atoms with Crippen molar-refractivity contribution in [1.29, 1.82) is 5.41 Å². The molecule has 1 spiro atoms. The van der Waals surface area contributed by atoms with Gasteiger partial charge in [0, 0.05) is 19.6 Å². The van der Waals surface area contributed by atoms with Crippen molar-refractivity contribution in [2.24, 2.45) is 0 Å². The van der Waals surface area contributed by atoms with Gasteiger partial charge in [0.25, 0.3) is 0 Å². The number of benzene rings is 2. The highest BCUT2D eigenvalue weighted by molar-refractivity contribution is 7.86. The second-order valence-electron chi connectivity index (χ2n) is 9.88. The van der Waals surface area contributed by atoms with Crippen molar-refractivity contribution in [3.05, 3.63) is 76.8 Å². The molecule has 1 aliphatic heterocycles. The van der Waals surface area contributed by atoms with E-state index >= 15 is 0 Å². The molecule has 5 rings (SSSR count). The van der Waals surface area contributed by atoms with Gasteiger partial charge in [0.15, 0.2) is 5.82 Å². The molecule has 2 fully saturated rings. The number of amidine groups is 1. The van der Waals surface area contributed by atoms with Crippen LogP contribution < -0.4 is 9.62 Å². The fourth-order valence-corrected chi connectivity index (χ4v) is 5.79. The molecule has 1 aromatic heterocycles. The minimum Gasteiger partial charge on any atom is -0.347 e. The lowest BCUT2D eigenvalue weighted by atomic mass is 10.0. The summed E-state index contributed by atoms with van der Waals surface area (Å²) in [6.07, 6.45) is 4.10. The van der Waals surface area contributed by atoms with Crippen molar-refractivity contribution >= 4 is 40.1 Å². The quantitative estimate of drug-likeness (QED) is 0.325. The van der Waals surface area contributed by atoms with Gasteiger partial charge in [-0.05, 0) is 56.5 Å². The molecule has 1 saturated heterocycles. The summed E-state index contributed by atoms with van der Waals surface area (Å²) in [4.78, 5) is 12.8. The van der Waals surface area contributed by atoms with E-state index in [1.54, 1.807) is 42.5 Å². The Morgan fingerprint density at radius 3 is 2.43 bits per heavy atom. The van der Waals surface area contributed by atoms with Crippen LogP contribution >= 0.6 is 11.6 Å². The molecule has 2 aliphatic rings. The van der Waals surface area contributed by atoms with Gasteiger partial charge < -0.3 is 14.5 Å². The number of rotatable bonds is 6. The van der Waals surface area contributed by atoms with Crippen LogP contribution in [0.15, 0.2) is 59.8 Å². The average Bonchev–Trinajstić information content (AvgIpc) is 3.62. The number of halogens is 3. The van der Waals surface area contributed by atoms with E-state index in [1.807, 2.05) is 9.80 Å². The summed E-state index contributed by atoms with van der Waals surface area (Å²) in [5.41, 5.74) is -0.313. The predicted molar refractivity (Wildman–Crippen MR) is 142 cm³/mol. The van der Waals surface area contributed by atoms with E-state index in [4.69, 9.17) is 17.0 Å². The Balaban J connectivity index is 1.36. The van der Waals surface area contributed by atoms with Gasteiger partial charge in [-0.1, -0.05) is 29.8 Å². The molecule has 0 radical (unpaired) electrons. The van der Waals surface area contributed by atoms with Gasteiger partial charge in [0.1, 0.15) is 22.5 Å². The summed E-state index contributed by atoms with van der Waals surface area (Å²) in [7, 11) is -1.65. The Labute approximate surface area is 222 Å². The zero-order chi connectivity index (χ0) is 26.4. The Kier molecular flexibility index (Phi) is 6.66. The first-order valence-electron chi connectivity index (χ1n) is 11.9. The highest BCUT2D eigenvalue weighted by Crippen LogP contribution is 2.46. The number of aromatic nitrogens is 2. The van der Waals surface area contributed by atoms with Crippen molar-refractivity contribution in [3.63, 3.8) is 0 Å². The van der Waals surface area contributed by atoms with Crippen LogP contribution in [0, 0.1) is 11.2 Å². The van der Waals surface area contributed by atoms with Crippen molar-refractivity contribution in [1.82, 2.24) is 14.9 Å². The zero-order valence-electron chi connectivity index (χ0n) is 20.5. The lowest BCUT2D eigenvalue weighted by molar-refractivity contribution is 0.221. The minimum absolute atomic E-state index is 0.247. The zero-order valence-corrected chi connectivity index (χ0v) is 22.0. The van der Waals surface area contributed by atoms with E-state index in [0.717, 1.165) is 25.2 Å². The van der Waals surface area contributed by atoms with E-state index in [9.17, 15) is 13.0 Å². The SMILES string of the molecule is CC(C)(F)c1ccc(S(=O)Nc2cccc(Cl)c2C(=N)N2CCN(c3ncc(F)cn3)CC23CC3)cc1. The second kappa shape index (κ2) is 9.64. The summed E-state index contributed by atoms with van der Waals surface area (Å²) in [6.45, 7) is 4.65. The molecule has 1 atom stereocenters. The molecule has 7 nitrogen and oxygen atoms in total. The Bertz CT molecular complexity index is 1340. The van der Waals surface area contributed by atoms with Crippen LogP contribution in [0.3, 0.4) is 0 Å². The summed E-state index contributed by atoms with van der Waals surface area (Å²) in [5.74, 6) is 0.233. The standard InChI is InChI=1S/C26H27ClF2N6OS/c1-25(2,29)17-6-8-19(9-7-17)37(36)33-21-5-3-4-20(27)22(21)23(30)35-13-12-34(16-26(35)10-11-26)24-31-14-18(28)15-32-24/h3-9,14-15,30,33H,10-13,16H2,1-2H3. The Hall–Kier alpha value is -3.11. The van der Waals surface area contributed by atoms with Crippen molar-refractivity contribution in [2.75, 3.05) is 29.3 Å². The molecule has 2 aromatic carbocycles. The molecule has 3 aromatic rings. The summed E-state index contributed by atoms with van der Waals surface area (Å²) >= 11 is 6.58. The van der Waals surface area contributed by atoms with Crippen LogP contribution in [0.2, 0.25) is 5.02 Å². The maximum atomic E-state index is 14.2. The smallest absolute Gasteiger partial charge is 0.225 e. The summed E-state index contributed by atoms with van der Waals surface area (Å²) in [5, 5.41) is 9.48. The second-order valence-corrected chi connectivity index (χ2v) is 11.5. The fourth-order valence-electron chi connectivity index (χ4n) is 4.66. The molecular formula is C26H27ClF2N6OS. The third-order valence-electron chi connectivity index (χ3n) is 6.85. The van der Waals surface area contributed by atoms with Gasteiger partial charge in [-0.15, -0.1) is 0 Å². The molecule has 1 unspecified atom stereocenters. The number of piperazine rings is 1. The first kappa shape index (κ1) is 25.5. The van der Waals surface area contributed by atoms with Gasteiger partial charge in [-0.3, -0.25) is 5.41 Å². The van der Waals surface area contributed by atoms with Crippen molar-refractivity contribution in [3.8, 4) is 0 Å². The van der Waals surface area contributed by atoms with Gasteiger partial charge in [-0.2, -0.15) is 0 Å². The lowest BCUT2D eigenvalue weighted by Crippen LogP contribution is -2.57. The molecule has 1 aliphatic carbocycles. The molecule has 0 bridgehead atoms. The molecule has 194 valence electrons. The number of nitrogens with zero attached hydrogens (tertiary/aromatic N) is 4. The Morgan fingerprint density at radius 1 is 1.14 bits per heavy atom. The van der Waals surface area contributed by atoms with Crippen molar-refractivity contribution in [2.45, 2.75) is 42.8 Å². The summed E-state index contributed by atoms with van der Waals surface area (Å²) in [6, 6.07) is 11.7. The lowest BCUT2D eigenvalue weighted by Gasteiger charge is -2.43. The molecule has 0 amide bonds. The molecule has 2 heterocycles. The van der Waals surface area contributed by atoms with E-state index < -0.39 is 22.5 Å². The molecule has 37 heavy (non-hydrogen) atoms. The van der Waals surface area contributed by atoms with Crippen LogP contribution in [0.5, 0.6) is 0 Å². The number of nitrogens with one attached hydrogen (secondary N) is 2. The number of hydrogen-bond donors (Lipinski definition) is 2. The molecule has 1 saturated carbocycles. The van der Waals surface area contributed by atoms with Crippen molar-refractivity contribution < 1.29 is 13.0 Å². The summed E-state index contributed by atoms with van der Waals surface area (Å²) < 4.78 is 43.6. The fraction of sp³-hybridized carbons (Fsp3) is 0.346. The minimum atomic E-state index is -1.65. The monoisotopic (exact) mass is 544 g/mol. The third-order valence-corrected chi connectivity index (χ3v) is 8.27. The van der Waals surface area contributed by atoms with Crippen LogP contribution in [0.4, 0.5) is 20.4 Å². The van der Waals surface area contributed by atoms with Crippen LogP contribution in [-0.2, 0) is 16.7 Å². The Morgan fingerprint density at radius 2 is 1.81 bits per heavy atom. The van der Waals surface area contributed by atoms with Gasteiger partial charge in [0.05, 0.1) is 39.1 Å². The third kappa shape index (κ3) is 5.17. The number of hydrogen-bond acceptors (Lipinski definition) is 5. The molecule has 11 heteroatoms. The first-order chi connectivity index (χ1) is 17.6. The average molecular weight is 545 g/mol. The normalized spacial score (nSPS) is 17.5. The van der Waals surface area contributed by atoms with E-state index in [1.165, 1.54) is 13.8 Å².